The second-order valence-electron chi connectivity index (χ2n) is 2.91. The van der Waals surface area contributed by atoms with Gasteiger partial charge in [0.15, 0.2) is 0 Å². The predicted octanol–water partition coefficient (Wildman–Crippen LogP) is 2.02. The van der Waals surface area contributed by atoms with Crippen LogP contribution in [0.5, 0.6) is 0 Å². The Kier molecular flexibility index (Phi) is 4.01. The lowest BCUT2D eigenvalue weighted by Crippen LogP contribution is -2.29. The normalized spacial score (nSPS) is 15.5. The fourth-order valence-corrected chi connectivity index (χ4v) is 0.409. The van der Waals surface area contributed by atoms with Crippen molar-refractivity contribution in [3.63, 3.8) is 0 Å². The molecule has 4 heteroatoms. The molecular weight excluding hydrogens is 149 g/mol. The molecule has 0 aliphatic rings. The maximum atomic E-state index is 12.7. The van der Waals surface area contributed by atoms with Gasteiger partial charge in [-0.15, -0.1) is 0 Å². The van der Waals surface area contributed by atoms with Gasteiger partial charge in [-0.25, -0.2) is 8.78 Å². The summed E-state index contributed by atoms with van der Waals surface area (Å²) in [5.41, 5.74) is 0. The Morgan fingerprint density at radius 3 is 2.09 bits per heavy atom. The van der Waals surface area contributed by atoms with Gasteiger partial charge in [-0.2, -0.15) is 0 Å². The van der Waals surface area contributed by atoms with Crippen molar-refractivity contribution in [2.24, 2.45) is 0 Å². The molecule has 0 fully saturated rings. The zero-order chi connectivity index (χ0) is 9.07. The first-order valence-electron chi connectivity index (χ1n) is 3.61. The molecule has 0 aromatic rings. The Balaban J connectivity index is 3.73. The second-order valence-corrected chi connectivity index (χ2v) is 2.91. The highest BCUT2D eigenvalue weighted by Gasteiger charge is 2.33. The summed E-state index contributed by atoms with van der Waals surface area (Å²) in [7, 11) is 5.03. The van der Waals surface area contributed by atoms with Crippen molar-refractivity contribution >= 4 is 7.85 Å². The molecule has 1 unspecified atom stereocenters. The molecule has 11 heavy (non-hydrogen) atoms. The van der Waals surface area contributed by atoms with Gasteiger partial charge in [0, 0.05) is 0 Å². The topological polar surface area (TPSA) is 9.23 Å². The molecule has 2 radical (unpaired) electrons. The molecule has 0 amide bonds. The van der Waals surface area contributed by atoms with Crippen LogP contribution in [0.2, 0.25) is 5.82 Å². The van der Waals surface area contributed by atoms with Crippen LogP contribution < -0.4 is 0 Å². The highest BCUT2D eigenvalue weighted by atomic mass is 19.3. The minimum absolute atomic E-state index is 0.181. The average Bonchev–Trinajstić information content (AvgIpc) is 1.84. The molecule has 0 aliphatic carbocycles. The van der Waals surface area contributed by atoms with E-state index in [0.29, 0.717) is 0 Å². The Morgan fingerprint density at radius 1 is 1.36 bits per heavy atom. The van der Waals surface area contributed by atoms with E-state index in [1.807, 2.05) is 0 Å². The summed E-state index contributed by atoms with van der Waals surface area (Å²) in [6.07, 6.45) is -0.181. The van der Waals surface area contributed by atoms with Crippen LogP contribution in [0.1, 0.15) is 20.8 Å². The Bertz CT molecular complexity index is 115. The van der Waals surface area contributed by atoms with E-state index in [1.165, 1.54) is 6.92 Å². The third-order valence-electron chi connectivity index (χ3n) is 1.28. The van der Waals surface area contributed by atoms with E-state index < -0.39 is 18.3 Å². The van der Waals surface area contributed by atoms with E-state index in [0.717, 1.165) is 0 Å². The van der Waals surface area contributed by atoms with Crippen LogP contribution in [0.15, 0.2) is 0 Å². The van der Waals surface area contributed by atoms with E-state index in [2.05, 4.69) is 0 Å². The van der Waals surface area contributed by atoms with Gasteiger partial charge in [0.1, 0.15) is 6.61 Å². The fourth-order valence-electron chi connectivity index (χ4n) is 0.409. The maximum Gasteiger partial charge on any atom is 0.265 e. The second kappa shape index (κ2) is 4.05. The van der Waals surface area contributed by atoms with Crippen molar-refractivity contribution in [1.82, 2.24) is 0 Å². The minimum Gasteiger partial charge on any atom is -0.373 e. The average molecular weight is 162 g/mol. The summed E-state index contributed by atoms with van der Waals surface area (Å²) in [6.45, 7) is 4.08. The molecule has 0 spiro atoms. The quantitative estimate of drug-likeness (QED) is 0.574. The zero-order valence-electron chi connectivity index (χ0n) is 7.10. The molecule has 1 nitrogen and oxygen atoms in total. The molecule has 0 bridgehead atoms. The van der Waals surface area contributed by atoms with Gasteiger partial charge in [-0.05, 0) is 19.7 Å². The molecule has 0 saturated heterocycles. The lowest BCUT2D eigenvalue weighted by Gasteiger charge is -2.21. The SMILES string of the molecule is [B]C(C)C(F)(F)COC(C)C. The van der Waals surface area contributed by atoms with Gasteiger partial charge < -0.3 is 4.74 Å². The zero-order valence-corrected chi connectivity index (χ0v) is 7.10. The lowest BCUT2D eigenvalue weighted by atomic mass is 9.84. The summed E-state index contributed by atoms with van der Waals surface area (Å²) in [6, 6.07) is 0. The van der Waals surface area contributed by atoms with Crippen LogP contribution in [-0.2, 0) is 4.74 Å². The Labute approximate surface area is 67.5 Å². The lowest BCUT2D eigenvalue weighted by molar-refractivity contribution is -0.0930. The van der Waals surface area contributed by atoms with Gasteiger partial charge in [-0.1, -0.05) is 6.92 Å². The molecule has 0 N–H and O–H groups in total. The van der Waals surface area contributed by atoms with Crippen LogP contribution in [0.3, 0.4) is 0 Å². The van der Waals surface area contributed by atoms with E-state index in [4.69, 9.17) is 12.6 Å². The van der Waals surface area contributed by atoms with E-state index >= 15 is 0 Å². The van der Waals surface area contributed by atoms with Crippen LogP contribution >= 0.6 is 0 Å². The largest absolute Gasteiger partial charge is 0.373 e. The van der Waals surface area contributed by atoms with Gasteiger partial charge in [-0.3, -0.25) is 0 Å². The van der Waals surface area contributed by atoms with Gasteiger partial charge >= 0.3 is 0 Å². The van der Waals surface area contributed by atoms with Gasteiger partial charge in [0.05, 0.1) is 14.0 Å². The summed E-state index contributed by atoms with van der Waals surface area (Å²) in [4.78, 5) is 0. The van der Waals surface area contributed by atoms with E-state index in [1.54, 1.807) is 13.8 Å². The maximum absolute atomic E-state index is 12.7. The summed E-state index contributed by atoms with van der Waals surface area (Å²) < 4.78 is 30.1. The van der Waals surface area contributed by atoms with Crippen LogP contribution in [0.4, 0.5) is 8.78 Å². The molecular formula is C7H13BF2O. The molecule has 0 rings (SSSR count). The first kappa shape index (κ1) is 10.9. The number of halogens is 2. The first-order chi connectivity index (χ1) is 4.86. The van der Waals surface area contributed by atoms with Crippen molar-refractivity contribution in [2.75, 3.05) is 6.61 Å². The number of hydrogen-bond acceptors (Lipinski definition) is 1. The first-order valence-corrected chi connectivity index (χ1v) is 3.61. The Hall–Kier alpha value is -0.115. The summed E-state index contributed by atoms with van der Waals surface area (Å²) in [5.74, 6) is -4.06. The van der Waals surface area contributed by atoms with Crippen molar-refractivity contribution in [3.05, 3.63) is 0 Å². The molecule has 0 aromatic heterocycles. The van der Waals surface area contributed by atoms with Crippen molar-refractivity contribution in [1.29, 1.82) is 0 Å². The van der Waals surface area contributed by atoms with Gasteiger partial charge in [0.25, 0.3) is 5.92 Å². The van der Waals surface area contributed by atoms with E-state index in [-0.39, 0.29) is 6.10 Å². The van der Waals surface area contributed by atoms with Crippen LogP contribution in [-0.4, -0.2) is 26.5 Å². The molecule has 64 valence electrons. The third-order valence-corrected chi connectivity index (χ3v) is 1.28. The smallest absolute Gasteiger partial charge is 0.265 e. The molecule has 0 saturated carbocycles. The van der Waals surface area contributed by atoms with Crippen LogP contribution in [0, 0.1) is 0 Å². The van der Waals surface area contributed by atoms with E-state index in [9.17, 15) is 8.78 Å². The molecule has 0 aliphatic heterocycles. The highest BCUT2D eigenvalue weighted by molar-refractivity contribution is 6.12. The monoisotopic (exact) mass is 162 g/mol. The third kappa shape index (κ3) is 4.35. The minimum atomic E-state index is -2.91. The molecule has 1 atom stereocenters. The Morgan fingerprint density at radius 2 is 1.82 bits per heavy atom. The van der Waals surface area contributed by atoms with Crippen molar-refractivity contribution < 1.29 is 13.5 Å². The predicted molar refractivity (Wildman–Crippen MR) is 41.2 cm³/mol. The number of rotatable bonds is 4. The van der Waals surface area contributed by atoms with Gasteiger partial charge in [0.2, 0.25) is 0 Å². The molecule has 0 aromatic carbocycles. The summed E-state index contributed by atoms with van der Waals surface area (Å²) >= 11 is 0. The summed E-state index contributed by atoms with van der Waals surface area (Å²) in [5, 5.41) is 0. The highest BCUT2D eigenvalue weighted by Crippen LogP contribution is 2.26. The van der Waals surface area contributed by atoms with Crippen LogP contribution in [0.25, 0.3) is 0 Å². The fraction of sp³-hybridized carbons (Fsp3) is 1.00. The molecule has 0 heterocycles. The number of hydrogen-bond donors (Lipinski definition) is 0. The van der Waals surface area contributed by atoms with Crippen molar-refractivity contribution in [3.8, 4) is 0 Å². The standard InChI is InChI=1S/C7H13BF2O/c1-5(2)11-4-7(9,10)6(3)8/h5-6H,4H2,1-3H3. The number of ether oxygens (including phenoxy) is 1. The van der Waals surface area contributed by atoms with Crippen molar-refractivity contribution in [2.45, 2.75) is 38.6 Å². The number of alkyl halides is 2.